The van der Waals surface area contributed by atoms with Crippen LogP contribution < -0.4 is 11.3 Å². The molecule has 2 heterocycles. The summed E-state index contributed by atoms with van der Waals surface area (Å²) in [7, 11) is 1.83. The molecule has 0 aromatic carbocycles. The van der Waals surface area contributed by atoms with E-state index >= 15 is 0 Å². The highest BCUT2D eigenvalue weighted by Crippen LogP contribution is 2.32. The van der Waals surface area contributed by atoms with Gasteiger partial charge in [-0.2, -0.15) is 0 Å². The number of nitrogens with two attached hydrogens (primary N) is 1. The Hall–Kier alpha value is -0.280. The molecule has 0 amide bonds. The molecule has 0 saturated carbocycles. The van der Waals surface area contributed by atoms with Crippen molar-refractivity contribution in [2.24, 2.45) is 12.9 Å². The molecule has 16 heavy (non-hydrogen) atoms. The molecule has 0 aliphatic rings. The molecule has 2 aromatic heterocycles. The van der Waals surface area contributed by atoms with E-state index in [9.17, 15) is 0 Å². The van der Waals surface area contributed by atoms with Crippen LogP contribution in [0.1, 0.15) is 16.6 Å². The fourth-order valence-corrected chi connectivity index (χ4v) is 3.47. The molecule has 2 aromatic rings. The Morgan fingerprint density at radius 1 is 1.50 bits per heavy atom. The van der Waals surface area contributed by atoms with Gasteiger partial charge in [-0.1, -0.05) is 5.21 Å². The first-order valence-corrected chi connectivity index (χ1v) is 6.80. The molecule has 8 heteroatoms. The highest BCUT2D eigenvalue weighted by atomic mass is 79.9. The predicted octanol–water partition coefficient (Wildman–Crippen LogP) is 1.95. The minimum atomic E-state index is -0.120. The number of nitrogens with zero attached hydrogens (tertiary/aromatic N) is 3. The fraction of sp³-hybridized carbons (Fsp3) is 0.250. The second-order valence-corrected chi connectivity index (χ2v) is 6.38. The number of aryl methyl sites for hydroxylation is 1. The van der Waals surface area contributed by atoms with E-state index in [-0.39, 0.29) is 6.04 Å². The Balaban J connectivity index is 2.44. The van der Waals surface area contributed by atoms with Gasteiger partial charge in [-0.25, -0.2) is 10.1 Å². The van der Waals surface area contributed by atoms with E-state index in [2.05, 4.69) is 47.6 Å². The van der Waals surface area contributed by atoms with Gasteiger partial charge in [0.2, 0.25) is 0 Å². The minimum absolute atomic E-state index is 0.120. The molecule has 3 N–H and O–H groups in total. The molecule has 0 bridgehead atoms. The first-order chi connectivity index (χ1) is 7.63. The number of halogens is 2. The van der Waals surface area contributed by atoms with E-state index in [1.54, 1.807) is 16.0 Å². The van der Waals surface area contributed by atoms with Crippen molar-refractivity contribution in [1.82, 2.24) is 20.4 Å². The molecule has 0 spiro atoms. The summed E-state index contributed by atoms with van der Waals surface area (Å²) in [6.07, 6.45) is 0. The molecule has 0 aliphatic carbocycles. The van der Waals surface area contributed by atoms with Crippen molar-refractivity contribution in [3.63, 3.8) is 0 Å². The zero-order chi connectivity index (χ0) is 11.7. The maximum atomic E-state index is 5.59. The predicted molar refractivity (Wildman–Crippen MR) is 69.9 cm³/mol. The lowest BCUT2D eigenvalue weighted by molar-refractivity contribution is 0.575. The first kappa shape index (κ1) is 12.2. The molecule has 1 unspecified atom stereocenters. The van der Waals surface area contributed by atoms with Crippen LogP contribution in [-0.4, -0.2) is 15.0 Å². The lowest BCUT2D eigenvalue weighted by atomic mass is 10.2. The Morgan fingerprint density at radius 2 is 2.25 bits per heavy atom. The largest absolute Gasteiger partial charge is 0.270 e. The third-order valence-electron chi connectivity index (χ3n) is 2.15. The minimum Gasteiger partial charge on any atom is -0.270 e. The number of thiophene rings is 1. The summed E-state index contributed by atoms with van der Waals surface area (Å²) < 4.78 is 3.46. The van der Waals surface area contributed by atoms with Crippen molar-refractivity contribution >= 4 is 43.2 Å². The number of hydrogen-bond donors (Lipinski definition) is 2. The Kier molecular flexibility index (Phi) is 3.75. The van der Waals surface area contributed by atoms with Crippen LogP contribution in [0.3, 0.4) is 0 Å². The van der Waals surface area contributed by atoms with Crippen molar-refractivity contribution in [3.8, 4) is 0 Å². The van der Waals surface area contributed by atoms with Crippen LogP contribution in [0.4, 0.5) is 0 Å². The van der Waals surface area contributed by atoms with Crippen LogP contribution >= 0.6 is 43.2 Å². The summed E-state index contributed by atoms with van der Waals surface area (Å²) >= 11 is 8.42. The summed E-state index contributed by atoms with van der Waals surface area (Å²) in [4.78, 5) is 1.10. The van der Waals surface area contributed by atoms with E-state index in [1.807, 2.05) is 19.2 Å². The molecule has 0 saturated heterocycles. The van der Waals surface area contributed by atoms with E-state index < -0.39 is 0 Å². The van der Waals surface area contributed by atoms with E-state index in [4.69, 9.17) is 5.84 Å². The van der Waals surface area contributed by atoms with Crippen molar-refractivity contribution < 1.29 is 0 Å². The quantitative estimate of drug-likeness (QED) is 0.643. The van der Waals surface area contributed by atoms with Crippen LogP contribution in [0.15, 0.2) is 20.5 Å². The first-order valence-electron chi connectivity index (χ1n) is 4.40. The highest BCUT2D eigenvalue weighted by molar-refractivity contribution is 9.11. The Bertz CT molecular complexity index is 475. The van der Waals surface area contributed by atoms with Gasteiger partial charge < -0.3 is 0 Å². The van der Waals surface area contributed by atoms with E-state index in [0.29, 0.717) is 4.60 Å². The third-order valence-corrected chi connectivity index (χ3v) is 4.40. The van der Waals surface area contributed by atoms with Gasteiger partial charge in [0.05, 0.1) is 15.5 Å². The second kappa shape index (κ2) is 4.92. The fourth-order valence-electron chi connectivity index (χ4n) is 1.42. The van der Waals surface area contributed by atoms with Gasteiger partial charge in [0.15, 0.2) is 4.60 Å². The molecule has 0 radical (unpaired) electrons. The summed E-state index contributed by atoms with van der Waals surface area (Å²) in [5, 5.41) is 7.88. The second-order valence-electron chi connectivity index (χ2n) is 3.13. The van der Waals surface area contributed by atoms with Crippen molar-refractivity contribution in [1.29, 1.82) is 0 Å². The van der Waals surface area contributed by atoms with Gasteiger partial charge in [-0.3, -0.25) is 5.84 Å². The molecule has 0 aliphatic heterocycles. The SMILES string of the molecule is Cn1nnc(Br)c1C(NN)c1ccc(Br)s1. The smallest absolute Gasteiger partial charge is 0.153 e. The van der Waals surface area contributed by atoms with E-state index in [0.717, 1.165) is 14.4 Å². The number of hydrazine groups is 1. The van der Waals surface area contributed by atoms with E-state index in [1.165, 1.54) is 0 Å². The van der Waals surface area contributed by atoms with Gasteiger partial charge in [0, 0.05) is 11.9 Å². The zero-order valence-electron chi connectivity index (χ0n) is 8.32. The lowest BCUT2D eigenvalue weighted by Gasteiger charge is -2.14. The highest BCUT2D eigenvalue weighted by Gasteiger charge is 2.22. The van der Waals surface area contributed by atoms with Crippen LogP contribution in [0.5, 0.6) is 0 Å². The normalized spacial score (nSPS) is 13.0. The standard InChI is InChI=1S/C8H9Br2N5S/c1-15-7(8(10)13-14-15)6(12-11)4-2-3-5(9)16-4/h2-3,6,12H,11H2,1H3. The maximum absolute atomic E-state index is 5.59. The van der Waals surface area contributed by atoms with Crippen LogP contribution in [0.25, 0.3) is 0 Å². The van der Waals surface area contributed by atoms with Gasteiger partial charge in [0.1, 0.15) is 0 Å². The summed E-state index contributed by atoms with van der Waals surface area (Å²) in [6.45, 7) is 0. The molecule has 2 rings (SSSR count). The lowest BCUT2D eigenvalue weighted by Crippen LogP contribution is -2.30. The molecule has 86 valence electrons. The van der Waals surface area contributed by atoms with Gasteiger partial charge in [0.25, 0.3) is 0 Å². The topological polar surface area (TPSA) is 68.8 Å². The Morgan fingerprint density at radius 3 is 2.69 bits per heavy atom. The van der Waals surface area contributed by atoms with Gasteiger partial charge >= 0.3 is 0 Å². The number of nitrogens with one attached hydrogen (secondary N) is 1. The Labute approximate surface area is 113 Å². The number of aromatic nitrogens is 3. The van der Waals surface area contributed by atoms with Crippen molar-refractivity contribution in [2.75, 3.05) is 0 Å². The number of hydrogen-bond acceptors (Lipinski definition) is 5. The molecular weight excluding hydrogens is 358 g/mol. The van der Waals surface area contributed by atoms with Crippen molar-refractivity contribution in [3.05, 3.63) is 31.1 Å². The number of rotatable bonds is 3. The molecule has 0 fully saturated rings. The average Bonchev–Trinajstić information content (AvgIpc) is 2.80. The van der Waals surface area contributed by atoms with Crippen LogP contribution in [0, 0.1) is 0 Å². The molecule has 1 atom stereocenters. The van der Waals surface area contributed by atoms with Crippen molar-refractivity contribution in [2.45, 2.75) is 6.04 Å². The summed E-state index contributed by atoms with van der Waals surface area (Å²) in [5.41, 5.74) is 3.67. The maximum Gasteiger partial charge on any atom is 0.153 e. The molecule has 5 nitrogen and oxygen atoms in total. The monoisotopic (exact) mass is 365 g/mol. The average molecular weight is 367 g/mol. The zero-order valence-corrected chi connectivity index (χ0v) is 12.3. The summed E-state index contributed by atoms with van der Waals surface area (Å²) in [6, 6.07) is 3.88. The molecular formula is C8H9Br2N5S. The van der Waals surface area contributed by atoms with Crippen LogP contribution in [0.2, 0.25) is 0 Å². The summed E-state index contributed by atoms with van der Waals surface area (Å²) in [5.74, 6) is 5.59. The van der Waals surface area contributed by atoms with Gasteiger partial charge in [-0.05, 0) is 44.0 Å². The third kappa shape index (κ3) is 2.21. The van der Waals surface area contributed by atoms with Crippen LogP contribution in [-0.2, 0) is 7.05 Å². The van der Waals surface area contributed by atoms with Gasteiger partial charge in [-0.15, -0.1) is 16.4 Å².